The molecule has 10 heteroatoms. The minimum absolute atomic E-state index is 0.158. The number of hydrogen-bond acceptors (Lipinski definition) is 6. The van der Waals surface area contributed by atoms with Crippen molar-refractivity contribution in [2.45, 2.75) is 12.7 Å². The lowest BCUT2D eigenvalue weighted by atomic mass is 10.1. The molecule has 0 bridgehead atoms. The molecule has 0 saturated heterocycles. The van der Waals surface area contributed by atoms with Gasteiger partial charge in [-0.15, -0.1) is 11.3 Å². The van der Waals surface area contributed by atoms with Gasteiger partial charge in [-0.25, -0.2) is 15.0 Å². The van der Waals surface area contributed by atoms with Gasteiger partial charge in [0.05, 0.1) is 11.3 Å². The Hall–Kier alpha value is -3.76. The van der Waals surface area contributed by atoms with E-state index in [-0.39, 0.29) is 6.54 Å². The van der Waals surface area contributed by atoms with Crippen molar-refractivity contribution >= 4 is 49.7 Å². The summed E-state index contributed by atoms with van der Waals surface area (Å²) in [6, 6.07) is 15.3. The summed E-state index contributed by atoms with van der Waals surface area (Å²) in [5, 5.41) is 10.2. The number of halogens is 3. The second kappa shape index (κ2) is 8.47. The Bertz CT molecular complexity index is 1650. The summed E-state index contributed by atoms with van der Waals surface area (Å²) >= 11 is 3.18. The van der Waals surface area contributed by atoms with Gasteiger partial charge in [0.25, 0.3) is 0 Å². The van der Waals surface area contributed by atoms with Crippen molar-refractivity contribution < 1.29 is 13.2 Å². The van der Waals surface area contributed by atoms with E-state index in [0.717, 1.165) is 33.5 Å². The average molecular weight is 508 g/mol. The highest BCUT2D eigenvalue weighted by molar-refractivity contribution is 7.17. The molecule has 1 N–H and O–H groups in total. The Kier molecular flexibility index (Phi) is 5.27. The van der Waals surface area contributed by atoms with Crippen LogP contribution in [0, 0.1) is 0 Å². The first kappa shape index (κ1) is 21.8. The van der Waals surface area contributed by atoms with Crippen molar-refractivity contribution in [1.82, 2.24) is 19.5 Å². The SMILES string of the molecule is FC(F)(F)c1cccc(CNc2nc(-c3csc4ccccc34)nc3c2ncn3-c2ccsc2)c1. The molecule has 2 aromatic carbocycles. The first-order chi connectivity index (χ1) is 17.0. The maximum Gasteiger partial charge on any atom is 0.416 e. The van der Waals surface area contributed by atoms with E-state index < -0.39 is 11.7 Å². The molecule has 0 fully saturated rings. The number of anilines is 1. The molecule has 4 heterocycles. The van der Waals surface area contributed by atoms with Gasteiger partial charge in [-0.2, -0.15) is 24.5 Å². The Morgan fingerprint density at radius 1 is 0.971 bits per heavy atom. The number of nitrogens with zero attached hydrogens (tertiary/aromatic N) is 4. The third kappa shape index (κ3) is 4.04. The van der Waals surface area contributed by atoms with E-state index in [9.17, 15) is 13.2 Å². The van der Waals surface area contributed by atoms with Crippen LogP contribution in [0.4, 0.5) is 19.0 Å². The highest BCUT2D eigenvalue weighted by Gasteiger charge is 2.30. The zero-order valence-electron chi connectivity index (χ0n) is 18.0. The smallest absolute Gasteiger partial charge is 0.364 e. The van der Waals surface area contributed by atoms with Crippen LogP contribution < -0.4 is 5.32 Å². The van der Waals surface area contributed by atoms with Crippen LogP contribution >= 0.6 is 22.7 Å². The number of fused-ring (bicyclic) bond motifs is 2. The minimum atomic E-state index is -4.40. The van der Waals surface area contributed by atoms with Crippen LogP contribution in [-0.4, -0.2) is 19.5 Å². The van der Waals surface area contributed by atoms with Gasteiger partial charge < -0.3 is 5.32 Å². The maximum atomic E-state index is 13.2. The van der Waals surface area contributed by atoms with Crippen LogP contribution in [0.5, 0.6) is 0 Å². The highest BCUT2D eigenvalue weighted by Crippen LogP contribution is 2.35. The van der Waals surface area contributed by atoms with Gasteiger partial charge in [-0.3, -0.25) is 4.57 Å². The molecular weight excluding hydrogens is 491 g/mol. The normalized spacial score (nSPS) is 12.0. The quantitative estimate of drug-likeness (QED) is 0.264. The van der Waals surface area contributed by atoms with Crippen LogP contribution in [-0.2, 0) is 12.7 Å². The lowest BCUT2D eigenvalue weighted by Crippen LogP contribution is -2.08. The third-order valence-corrected chi connectivity index (χ3v) is 7.25. The fourth-order valence-electron chi connectivity index (χ4n) is 3.92. The predicted molar refractivity (Wildman–Crippen MR) is 134 cm³/mol. The summed E-state index contributed by atoms with van der Waals surface area (Å²) in [5.41, 5.74) is 2.80. The van der Waals surface area contributed by atoms with Crippen LogP contribution in [0.25, 0.3) is 38.3 Å². The largest absolute Gasteiger partial charge is 0.416 e. The van der Waals surface area contributed by atoms with E-state index in [1.54, 1.807) is 35.1 Å². The van der Waals surface area contributed by atoms with Gasteiger partial charge in [0.15, 0.2) is 22.8 Å². The molecule has 0 aliphatic heterocycles. The number of thiophene rings is 2. The number of alkyl halides is 3. The molecule has 0 saturated carbocycles. The Morgan fingerprint density at radius 3 is 2.69 bits per heavy atom. The number of imidazole rings is 1. The van der Waals surface area contributed by atoms with Crippen molar-refractivity contribution in [3.05, 3.63) is 88.2 Å². The fraction of sp³-hybridized carbons (Fsp3) is 0.0800. The molecule has 0 amide bonds. The minimum Gasteiger partial charge on any atom is -0.364 e. The Morgan fingerprint density at radius 2 is 1.86 bits per heavy atom. The lowest BCUT2D eigenvalue weighted by Gasteiger charge is -2.11. The summed E-state index contributed by atoms with van der Waals surface area (Å²) in [7, 11) is 0. The van der Waals surface area contributed by atoms with Crippen LogP contribution in [0.15, 0.2) is 77.1 Å². The summed E-state index contributed by atoms with van der Waals surface area (Å²) in [5.74, 6) is 0.991. The fourth-order valence-corrected chi connectivity index (χ4v) is 5.49. The van der Waals surface area contributed by atoms with Crippen molar-refractivity contribution in [2.75, 3.05) is 5.32 Å². The monoisotopic (exact) mass is 507 g/mol. The molecule has 0 unspecified atom stereocenters. The zero-order valence-corrected chi connectivity index (χ0v) is 19.6. The van der Waals surface area contributed by atoms with E-state index in [1.807, 2.05) is 51.0 Å². The lowest BCUT2D eigenvalue weighted by molar-refractivity contribution is -0.137. The molecule has 0 radical (unpaired) electrons. The number of rotatable bonds is 5. The summed E-state index contributed by atoms with van der Waals surface area (Å²) in [6.07, 6.45) is -2.71. The molecular formula is C25H16F3N5S2. The molecule has 35 heavy (non-hydrogen) atoms. The van der Waals surface area contributed by atoms with E-state index in [0.29, 0.717) is 28.4 Å². The number of aromatic nitrogens is 4. The van der Waals surface area contributed by atoms with Gasteiger partial charge >= 0.3 is 6.18 Å². The summed E-state index contributed by atoms with van der Waals surface area (Å²) in [6.45, 7) is 0.158. The van der Waals surface area contributed by atoms with E-state index in [4.69, 9.17) is 9.97 Å². The van der Waals surface area contributed by atoms with E-state index >= 15 is 0 Å². The molecule has 0 aliphatic carbocycles. The molecule has 0 aliphatic rings. The molecule has 0 spiro atoms. The van der Waals surface area contributed by atoms with Crippen molar-refractivity contribution in [1.29, 1.82) is 0 Å². The Balaban J connectivity index is 1.46. The van der Waals surface area contributed by atoms with Crippen molar-refractivity contribution in [2.24, 2.45) is 0 Å². The van der Waals surface area contributed by atoms with Gasteiger partial charge in [0, 0.05) is 33.0 Å². The van der Waals surface area contributed by atoms with E-state index in [2.05, 4.69) is 10.3 Å². The molecule has 5 nitrogen and oxygen atoms in total. The van der Waals surface area contributed by atoms with Crippen LogP contribution in [0.1, 0.15) is 11.1 Å². The topological polar surface area (TPSA) is 55.6 Å². The van der Waals surface area contributed by atoms with Crippen molar-refractivity contribution in [3.63, 3.8) is 0 Å². The van der Waals surface area contributed by atoms with Crippen molar-refractivity contribution in [3.8, 4) is 17.1 Å². The van der Waals surface area contributed by atoms with Crippen LogP contribution in [0.3, 0.4) is 0 Å². The second-order valence-electron chi connectivity index (χ2n) is 7.86. The molecule has 6 aromatic rings. The zero-order chi connectivity index (χ0) is 24.0. The van der Waals surface area contributed by atoms with Gasteiger partial charge in [0.1, 0.15) is 6.33 Å². The number of benzene rings is 2. The Labute approximate surface area is 205 Å². The number of hydrogen-bond donors (Lipinski definition) is 1. The second-order valence-corrected chi connectivity index (χ2v) is 9.55. The predicted octanol–water partition coefficient (Wildman–Crippen LogP) is 7.39. The average Bonchev–Trinajstić information content (AvgIpc) is 3.61. The van der Waals surface area contributed by atoms with E-state index in [1.165, 1.54) is 6.07 Å². The molecule has 174 valence electrons. The first-order valence-corrected chi connectivity index (χ1v) is 12.4. The summed E-state index contributed by atoms with van der Waals surface area (Å²) in [4.78, 5) is 14.2. The van der Waals surface area contributed by atoms with Gasteiger partial charge in [-0.05, 0) is 35.2 Å². The number of nitrogens with one attached hydrogen (secondary N) is 1. The summed E-state index contributed by atoms with van der Waals surface area (Å²) < 4.78 is 42.5. The molecule has 0 atom stereocenters. The van der Waals surface area contributed by atoms with Gasteiger partial charge in [-0.1, -0.05) is 30.3 Å². The first-order valence-electron chi connectivity index (χ1n) is 10.6. The highest BCUT2D eigenvalue weighted by atomic mass is 32.1. The van der Waals surface area contributed by atoms with Crippen LogP contribution in [0.2, 0.25) is 0 Å². The third-order valence-electron chi connectivity index (χ3n) is 5.62. The van der Waals surface area contributed by atoms with Gasteiger partial charge in [0.2, 0.25) is 0 Å². The maximum absolute atomic E-state index is 13.2. The molecule has 6 rings (SSSR count). The standard InChI is InChI=1S/C25H16F3N5S2/c26-25(27,28)16-5-3-4-15(10-16)11-29-23-21-24(33(14-30-21)17-8-9-34-12-17)32-22(31-23)19-13-35-20-7-2-1-6-18(19)20/h1-10,12-14H,11H2,(H,29,31,32). The molecule has 4 aromatic heterocycles.